The highest BCUT2D eigenvalue weighted by Gasteiger charge is 2.22. The van der Waals surface area contributed by atoms with Gasteiger partial charge in [0.15, 0.2) is 0 Å². The SMILES string of the molecule is c1ccc(-n2c3ccccc3c3cc4c5ccc6c7cccnc7n7ccnc7c6c5n(-c5ccccc5)c4cc32)cc1. The largest absolute Gasteiger partial charge is 0.309 e. The summed E-state index contributed by atoms with van der Waals surface area (Å²) in [5.41, 5.74) is 8.81. The van der Waals surface area contributed by atoms with E-state index in [0.717, 1.165) is 49.9 Å². The van der Waals surface area contributed by atoms with Gasteiger partial charge in [-0.25, -0.2) is 9.97 Å². The topological polar surface area (TPSA) is 40.1 Å². The van der Waals surface area contributed by atoms with Gasteiger partial charge in [-0.3, -0.25) is 4.40 Å². The Bertz CT molecular complexity index is 2710. The fraction of sp³-hybridized carbons (Fsp3) is 0. The van der Waals surface area contributed by atoms with Gasteiger partial charge in [0, 0.05) is 56.9 Å². The van der Waals surface area contributed by atoms with Gasteiger partial charge in [0.05, 0.1) is 27.5 Å². The summed E-state index contributed by atoms with van der Waals surface area (Å²) in [5, 5.41) is 8.31. The summed E-state index contributed by atoms with van der Waals surface area (Å²) in [4.78, 5) is 9.64. The predicted octanol–water partition coefficient (Wildman–Crippen LogP) is 9.23. The van der Waals surface area contributed by atoms with Crippen molar-refractivity contribution >= 4 is 71.1 Å². The minimum absolute atomic E-state index is 0.913. The monoisotopic (exact) mass is 549 g/mol. The number of hydrogen-bond acceptors (Lipinski definition) is 2. The summed E-state index contributed by atoms with van der Waals surface area (Å²) in [7, 11) is 0. The van der Waals surface area contributed by atoms with Crippen molar-refractivity contribution in [2.75, 3.05) is 0 Å². The van der Waals surface area contributed by atoms with Crippen molar-refractivity contribution in [1.29, 1.82) is 0 Å². The molecule has 10 rings (SSSR count). The second kappa shape index (κ2) is 8.30. The first-order chi connectivity index (χ1) is 21.4. The molecular weight excluding hydrogens is 526 g/mol. The molecule has 0 aliphatic heterocycles. The van der Waals surface area contributed by atoms with Crippen molar-refractivity contribution in [2.45, 2.75) is 0 Å². The van der Waals surface area contributed by atoms with Crippen molar-refractivity contribution in [2.24, 2.45) is 0 Å². The molecule has 0 bridgehead atoms. The van der Waals surface area contributed by atoms with Gasteiger partial charge in [0.1, 0.15) is 11.3 Å². The summed E-state index contributed by atoms with van der Waals surface area (Å²) in [6.45, 7) is 0. The van der Waals surface area contributed by atoms with Crippen molar-refractivity contribution in [3.05, 3.63) is 140 Å². The van der Waals surface area contributed by atoms with E-state index in [1.54, 1.807) is 0 Å². The number of aromatic nitrogens is 5. The van der Waals surface area contributed by atoms with Gasteiger partial charge in [0.2, 0.25) is 0 Å². The molecule has 0 atom stereocenters. The van der Waals surface area contributed by atoms with Crippen molar-refractivity contribution < 1.29 is 0 Å². The number of pyridine rings is 2. The van der Waals surface area contributed by atoms with E-state index in [0.29, 0.717) is 0 Å². The second-order valence-corrected chi connectivity index (χ2v) is 11.1. The van der Waals surface area contributed by atoms with Gasteiger partial charge in [-0.15, -0.1) is 0 Å². The molecule has 0 spiro atoms. The standard InChI is InChI=1S/C38H23N5/c1-3-10-24(11-4-1)42-32-16-8-7-14-26(32)30-22-31-28-18-17-27-29-15-9-19-39-37(29)41-21-20-40-38(41)35(27)36(28)43(34(31)23-33(30)42)25-12-5-2-6-13-25/h1-23H. The molecule has 0 fully saturated rings. The number of fused-ring (bicyclic) bond motifs is 13. The molecule has 43 heavy (non-hydrogen) atoms. The van der Waals surface area contributed by atoms with Crippen LogP contribution in [0.15, 0.2) is 140 Å². The molecule has 200 valence electrons. The number of benzene rings is 5. The van der Waals surface area contributed by atoms with Gasteiger partial charge in [-0.2, -0.15) is 0 Å². The lowest BCUT2D eigenvalue weighted by atomic mass is 10.0. The molecule has 0 N–H and O–H groups in total. The van der Waals surface area contributed by atoms with Gasteiger partial charge in [0.25, 0.3) is 0 Å². The minimum Gasteiger partial charge on any atom is -0.309 e. The van der Waals surface area contributed by atoms with E-state index in [9.17, 15) is 0 Å². The second-order valence-electron chi connectivity index (χ2n) is 11.1. The normalized spacial score (nSPS) is 12.2. The van der Waals surface area contributed by atoms with E-state index in [1.165, 1.54) is 32.6 Å². The zero-order valence-electron chi connectivity index (χ0n) is 23.0. The maximum Gasteiger partial charge on any atom is 0.148 e. The fourth-order valence-corrected chi connectivity index (χ4v) is 7.18. The highest BCUT2D eigenvalue weighted by Crippen LogP contribution is 2.43. The molecule has 5 nitrogen and oxygen atoms in total. The zero-order valence-corrected chi connectivity index (χ0v) is 23.0. The summed E-state index contributed by atoms with van der Waals surface area (Å²) in [6.07, 6.45) is 5.74. The van der Waals surface area contributed by atoms with Gasteiger partial charge < -0.3 is 9.13 Å². The Morgan fingerprint density at radius 3 is 1.91 bits per heavy atom. The van der Waals surface area contributed by atoms with E-state index in [2.05, 4.69) is 129 Å². The summed E-state index contributed by atoms with van der Waals surface area (Å²) in [6, 6.07) is 43.6. The van der Waals surface area contributed by atoms with Crippen LogP contribution in [0.25, 0.3) is 82.4 Å². The first kappa shape index (κ1) is 22.7. The lowest BCUT2D eigenvalue weighted by molar-refractivity contribution is 1.17. The molecule has 5 heteroatoms. The van der Waals surface area contributed by atoms with Crippen LogP contribution in [-0.4, -0.2) is 23.5 Å². The van der Waals surface area contributed by atoms with Crippen molar-refractivity contribution in [3.8, 4) is 11.4 Å². The lowest BCUT2D eigenvalue weighted by Crippen LogP contribution is -1.98. The number of rotatable bonds is 2. The highest BCUT2D eigenvalue weighted by atomic mass is 15.1. The first-order valence-electron chi connectivity index (χ1n) is 14.5. The molecule has 5 aromatic heterocycles. The molecule has 0 radical (unpaired) electrons. The van der Waals surface area contributed by atoms with Crippen LogP contribution in [0, 0.1) is 0 Å². The van der Waals surface area contributed by atoms with Gasteiger partial charge >= 0.3 is 0 Å². The molecule has 0 unspecified atom stereocenters. The fourth-order valence-electron chi connectivity index (χ4n) is 7.18. The van der Waals surface area contributed by atoms with Crippen molar-refractivity contribution in [3.63, 3.8) is 0 Å². The Kier molecular flexibility index (Phi) is 4.39. The van der Waals surface area contributed by atoms with Crippen LogP contribution in [0.5, 0.6) is 0 Å². The van der Waals surface area contributed by atoms with E-state index in [4.69, 9.17) is 9.97 Å². The lowest BCUT2D eigenvalue weighted by Gasteiger charge is -2.13. The third-order valence-electron chi connectivity index (χ3n) is 8.92. The number of para-hydroxylation sites is 3. The number of imidazole rings is 1. The number of hydrogen-bond donors (Lipinski definition) is 0. The summed E-state index contributed by atoms with van der Waals surface area (Å²) >= 11 is 0. The van der Waals surface area contributed by atoms with E-state index in [-0.39, 0.29) is 0 Å². The van der Waals surface area contributed by atoms with Crippen LogP contribution in [0.4, 0.5) is 0 Å². The average molecular weight is 550 g/mol. The Hall–Kier alpha value is -5.94. The number of nitrogens with zero attached hydrogens (tertiary/aromatic N) is 5. The Balaban J connectivity index is 1.48. The minimum atomic E-state index is 0.913. The molecule has 5 aromatic carbocycles. The van der Waals surface area contributed by atoms with Crippen LogP contribution in [0.1, 0.15) is 0 Å². The van der Waals surface area contributed by atoms with E-state index in [1.807, 2.05) is 24.7 Å². The molecule has 0 saturated heterocycles. The maximum atomic E-state index is 4.90. The van der Waals surface area contributed by atoms with Crippen LogP contribution in [-0.2, 0) is 0 Å². The summed E-state index contributed by atoms with van der Waals surface area (Å²) < 4.78 is 6.94. The van der Waals surface area contributed by atoms with Crippen LogP contribution in [0.2, 0.25) is 0 Å². The molecule has 0 amide bonds. The van der Waals surface area contributed by atoms with Crippen LogP contribution >= 0.6 is 0 Å². The zero-order chi connectivity index (χ0) is 28.1. The quantitative estimate of drug-likeness (QED) is 0.202. The average Bonchev–Trinajstić information content (AvgIpc) is 3.77. The van der Waals surface area contributed by atoms with E-state index < -0.39 is 0 Å². The van der Waals surface area contributed by atoms with Crippen molar-refractivity contribution in [1.82, 2.24) is 23.5 Å². The molecule has 5 heterocycles. The molecule has 0 aliphatic carbocycles. The third kappa shape index (κ3) is 2.95. The molecular formula is C38H23N5. The van der Waals surface area contributed by atoms with Gasteiger partial charge in [-0.05, 0) is 60.0 Å². The van der Waals surface area contributed by atoms with Crippen LogP contribution < -0.4 is 0 Å². The molecule has 0 saturated carbocycles. The summed E-state index contributed by atoms with van der Waals surface area (Å²) in [5.74, 6) is 0. The smallest absolute Gasteiger partial charge is 0.148 e. The third-order valence-corrected chi connectivity index (χ3v) is 8.92. The Morgan fingerprint density at radius 2 is 1.07 bits per heavy atom. The van der Waals surface area contributed by atoms with E-state index >= 15 is 0 Å². The first-order valence-corrected chi connectivity index (χ1v) is 14.5. The Labute approximate surface area is 245 Å². The molecule has 0 aliphatic rings. The van der Waals surface area contributed by atoms with Gasteiger partial charge in [-0.1, -0.05) is 66.7 Å². The predicted molar refractivity (Wildman–Crippen MR) is 177 cm³/mol. The maximum absolute atomic E-state index is 4.90. The molecule has 10 aromatic rings. The highest BCUT2D eigenvalue weighted by molar-refractivity contribution is 6.28. The van der Waals surface area contributed by atoms with Crippen LogP contribution in [0.3, 0.4) is 0 Å². The Morgan fingerprint density at radius 1 is 0.419 bits per heavy atom.